The van der Waals surface area contributed by atoms with Crippen molar-refractivity contribution in [1.29, 1.82) is 0 Å². The second kappa shape index (κ2) is 8.71. The molecule has 4 rings (SSSR count). The van der Waals surface area contributed by atoms with Gasteiger partial charge >= 0.3 is 5.69 Å². The van der Waals surface area contributed by atoms with E-state index in [-0.39, 0.29) is 34.6 Å². The Balaban J connectivity index is 1.61. The summed E-state index contributed by atoms with van der Waals surface area (Å²) in [6.45, 7) is 12.7. The molecule has 0 aliphatic carbocycles. The minimum Gasteiger partial charge on any atom is -0.365 e. The Morgan fingerprint density at radius 2 is 1.71 bits per heavy atom. The van der Waals surface area contributed by atoms with E-state index >= 15 is 0 Å². The van der Waals surface area contributed by atoms with Crippen molar-refractivity contribution < 1.29 is 4.39 Å². The summed E-state index contributed by atoms with van der Waals surface area (Å²) in [6, 6.07) is 3.76. The zero-order valence-electron chi connectivity index (χ0n) is 21.6. The van der Waals surface area contributed by atoms with Gasteiger partial charge in [-0.1, -0.05) is 0 Å². The topological polar surface area (TPSA) is 106 Å². The van der Waals surface area contributed by atoms with Crippen LogP contribution in [0.3, 0.4) is 0 Å². The SMILES string of the molecule is Cc1cc(Nc2ncc(F)c(NC3CC(C)(C)N(C)C(C)(C)C3)n2)cc(-n2nnn(C)c2=O)c1C. The zero-order valence-corrected chi connectivity index (χ0v) is 21.6. The molecule has 3 aromatic rings. The number of likely N-dealkylation sites (tertiary alicyclic amines) is 1. The van der Waals surface area contributed by atoms with Crippen LogP contribution in [0.2, 0.25) is 0 Å². The lowest BCUT2D eigenvalue weighted by molar-refractivity contribution is -0.00778. The molecule has 2 N–H and O–H groups in total. The summed E-state index contributed by atoms with van der Waals surface area (Å²) < 4.78 is 17.1. The lowest BCUT2D eigenvalue weighted by Crippen LogP contribution is -2.61. The van der Waals surface area contributed by atoms with Gasteiger partial charge in [0.25, 0.3) is 0 Å². The summed E-state index contributed by atoms with van der Waals surface area (Å²) >= 11 is 0. The lowest BCUT2D eigenvalue weighted by Gasteiger charge is -2.53. The van der Waals surface area contributed by atoms with Gasteiger partial charge in [0.15, 0.2) is 11.6 Å². The summed E-state index contributed by atoms with van der Waals surface area (Å²) in [7, 11) is 3.68. The number of anilines is 3. The van der Waals surface area contributed by atoms with Gasteiger partial charge in [-0.15, -0.1) is 0 Å². The zero-order chi connectivity index (χ0) is 25.7. The lowest BCUT2D eigenvalue weighted by atomic mass is 9.77. The van der Waals surface area contributed by atoms with Gasteiger partial charge in [-0.25, -0.2) is 14.2 Å². The Morgan fingerprint density at radius 1 is 1.06 bits per heavy atom. The number of nitrogens with one attached hydrogen (secondary N) is 2. The number of rotatable bonds is 5. The first-order chi connectivity index (χ1) is 16.3. The quantitative estimate of drug-likeness (QED) is 0.569. The molecule has 0 atom stereocenters. The van der Waals surface area contributed by atoms with Gasteiger partial charge in [-0.2, -0.15) is 14.3 Å². The molecule has 0 radical (unpaired) electrons. The van der Waals surface area contributed by atoms with Gasteiger partial charge in [-0.3, -0.25) is 4.90 Å². The second-order valence-electron chi connectivity index (χ2n) is 10.7. The predicted octanol–water partition coefficient (Wildman–Crippen LogP) is 3.32. The number of aromatic nitrogens is 6. The van der Waals surface area contributed by atoms with Crippen molar-refractivity contribution >= 4 is 17.5 Å². The van der Waals surface area contributed by atoms with Crippen molar-refractivity contribution in [2.24, 2.45) is 7.05 Å². The summed E-state index contributed by atoms with van der Waals surface area (Å²) in [4.78, 5) is 23.3. The maximum absolute atomic E-state index is 14.7. The number of piperidine rings is 1. The molecule has 2 aromatic heterocycles. The normalized spacial score (nSPS) is 18.0. The first kappa shape index (κ1) is 24.8. The average Bonchev–Trinajstić information content (AvgIpc) is 3.09. The molecule has 11 heteroatoms. The number of hydrogen-bond donors (Lipinski definition) is 2. The van der Waals surface area contributed by atoms with Crippen LogP contribution in [0.4, 0.5) is 21.8 Å². The first-order valence-electron chi connectivity index (χ1n) is 11.7. The van der Waals surface area contributed by atoms with E-state index in [1.165, 1.54) is 9.36 Å². The van der Waals surface area contributed by atoms with Gasteiger partial charge in [0, 0.05) is 29.9 Å². The first-order valence-corrected chi connectivity index (χ1v) is 11.7. The monoisotopic (exact) mass is 483 g/mol. The van der Waals surface area contributed by atoms with Crippen LogP contribution < -0.4 is 16.3 Å². The van der Waals surface area contributed by atoms with E-state index in [1.54, 1.807) is 13.1 Å². The van der Waals surface area contributed by atoms with E-state index in [0.29, 0.717) is 11.4 Å². The summed E-state index contributed by atoms with van der Waals surface area (Å²) in [5.41, 5.74) is 2.66. The van der Waals surface area contributed by atoms with Crippen molar-refractivity contribution in [3.63, 3.8) is 0 Å². The summed E-state index contributed by atoms with van der Waals surface area (Å²) in [5.74, 6) is -0.0872. The van der Waals surface area contributed by atoms with Crippen LogP contribution >= 0.6 is 0 Å². The fourth-order valence-corrected chi connectivity index (χ4v) is 4.92. The molecular formula is C24H34FN9O. The number of benzene rings is 1. The Bertz CT molecular complexity index is 1290. The molecule has 0 bridgehead atoms. The highest BCUT2D eigenvalue weighted by molar-refractivity contribution is 5.62. The third-order valence-corrected chi connectivity index (χ3v) is 7.24. The highest BCUT2D eigenvalue weighted by Crippen LogP contribution is 2.38. The molecule has 10 nitrogen and oxygen atoms in total. The molecule has 0 spiro atoms. The fourth-order valence-electron chi connectivity index (χ4n) is 4.92. The van der Waals surface area contributed by atoms with Crippen molar-refractivity contribution in [3.8, 4) is 5.69 Å². The van der Waals surface area contributed by atoms with Crippen LogP contribution in [-0.4, -0.2) is 58.8 Å². The van der Waals surface area contributed by atoms with E-state index in [4.69, 9.17) is 0 Å². The minimum absolute atomic E-state index is 0.0434. The summed E-state index contributed by atoms with van der Waals surface area (Å²) in [6.07, 6.45) is 2.87. The van der Waals surface area contributed by atoms with E-state index in [1.807, 2.05) is 19.9 Å². The van der Waals surface area contributed by atoms with E-state index in [9.17, 15) is 9.18 Å². The van der Waals surface area contributed by atoms with Crippen molar-refractivity contribution in [2.75, 3.05) is 17.7 Å². The van der Waals surface area contributed by atoms with Crippen LogP contribution in [0.5, 0.6) is 0 Å². The smallest absolute Gasteiger partial charge is 0.365 e. The number of halogens is 1. The molecule has 1 aliphatic heterocycles. The second-order valence-corrected chi connectivity index (χ2v) is 10.7. The number of nitrogens with zero attached hydrogens (tertiary/aromatic N) is 7. The molecule has 1 saturated heterocycles. The van der Waals surface area contributed by atoms with Crippen LogP contribution in [0, 0.1) is 19.7 Å². The third kappa shape index (κ3) is 4.77. The molecule has 1 aromatic carbocycles. The average molecular weight is 484 g/mol. The molecule has 35 heavy (non-hydrogen) atoms. The highest BCUT2D eigenvalue weighted by Gasteiger charge is 2.43. The maximum Gasteiger partial charge on any atom is 0.368 e. The Hall–Kier alpha value is -3.34. The standard InChI is InChI=1S/C24H34FN9O/c1-14-9-16(10-19(15(14)2)34-22(35)32(7)30-31-34)28-21-26-13-18(25)20(29-21)27-17-11-23(3,4)33(8)24(5,6)12-17/h9-10,13,17H,11-12H2,1-8H3,(H2,26,27,28,29). The highest BCUT2D eigenvalue weighted by atomic mass is 19.1. The van der Waals surface area contributed by atoms with Gasteiger partial charge in [0.2, 0.25) is 5.95 Å². The van der Waals surface area contributed by atoms with Gasteiger partial charge in [-0.05, 0) is 95.1 Å². The third-order valence-electron chi connectivity index (χ3n) is 7.24. The molecule has 1 aliphatic rings. The van der Waals surface area contributed by atoms with Crippen molar-refractivity contribution in [1.82, 2.24) is 34.7 Å². The van der Waals surface area contributed by atoms with E-state index in [2.05, 4.69) is 70.7 Å². The van der Waals surface area contributed by atoms with E-state index in [0.717, 1.165) is 30.2 Å². The molecule has 188 valence electrons. The Labute approximate surface area is 204 Å². The molecule has 0 unspecified atom stereocenters. The van der Waals surface area contributed by atoms with Crippen LogP contribution in [0.1, 0.15) is 51.7 Å². The Morgan fingerprint density at radius 3 is 2.31 bits per heavy atom. The molecular weight excluding hydrogens is 449 g/mol. The Kier molecular flexibility index (Phi) is 6.16. The molecule has 0 amide bonds. The maximum atomic E-state index is 14.7. The molecule has 3 heterocycles. The van der Waals surface area contributed by atoms with Crippen LogP contribution in [0.15, 0.2) is 23.1 Å². The molecule has 1 fully saturated rings. The van der Waals surface area contributed by atoms with Crippen molar-refractivity contribution in [3.05, 3.63) is 45.8 Å². The van der Waals surface area contributed by atoms with Crippen LogP contribution in [0.25, 0.3) is 5.69 Å². The summed E-state index contributed by atoms with van der Waals surface area (Å²) in [5, 5.41) is 14.2. The fraction of sp³-hybridized carbons (Fsp3) is 0.542. The van der Waals surface area contributed by atoms with E-state index < -0.39 is 5.82 Å². The largest absolute Gasteiger partial charge is 0.368 e. The minimum atomic E-state index is -0.503. The van der Waals surface area contributed by atoms with Gasteiger partial charge in [0.1, 0.15) is 0 Å². The predicted molar refractivity (Wildman–Crippen MR) is 134 cm³/mol. The molecule has 0 saturated carbocycles. The van der Waals surface area contributed by atoms with Crippen molar-refractivity contribution in [2.45, 2.75) is 71.5 Å². The number of hydrogen-bond acceptors (Lipinski definition) is 8. The van der Waals surface area contributed by atoms with Crippen LogP contribution in [-0.2, 0) is 7.05 Å². The van der Waals surface area contributed by atoms with Gasteiger partial charge in [0.05, 0.1) is 11.9 Å². The number of aryl methyl sites for hydroxylation is 2. The van der Waals surface area contributed by atoms with Gasteiger partial charge < -0.3 is 10.6 Å². The number of tetrazole rings is 1.